The maximum absolute atomic E-state index is 10.8. The average molecular weight is 227 g/mol. The van der Waals surface area contributed by atoms with Gasteiger partial charge in [-0.3, -0.25) is 10.1 Å². The van der Waals surface area contributed by atoms with Gasteiger partial charge in [-0.2, -0.15) is 0 Å². The van der Waals surface area contributed by atoms with E-state index < -0.39 is 4.92 Å². The number of nitro benzene ring substituents is 1. The third-order valence-electron chi connectivity index (χ3n) is 2.19. The van der Waals surface area contributed by atoms with Crippen LogP contribution < -0.4 is 5.73 Å². The number of benzene rings is 1. The van der Waals surface area contributed by atoms with Crippen molar-refractivity contribution in [2.45, 2.75) is 0 Å². The smallest absolute Gasteiger partial charge is 0.319 e. The molecule has 0 amide bonds. The number of nitrogens with zero attached hydrogens (tertiary/aromatic N) is 3. The Morgan fingerprint density at radius 3 is 2.87 bits per heavy atom. The van der Waals surface area contributed by atoms with E-state index in [0.717, 1.165) is 0 Å². The second kappa shape index (κ2) is 3.09. The predicted molar refractivity (Wildman–Crippen MR) is 56.8 cm³/mol. The van der Waals surface area contributed by atoms with Crippen LogP contribution in [0.4, 0.5) is 11.4 Å². The lowest BCUT2D eigenvalue weighted by Crippen LogP contribution is -1.96. The summed E-state index contributed by atoms with van der Waals surface area (Å²) in [5, 5.41) is 11.0. The molecule has 0 radical (unpaired) electrons. The number of hydrogen-bond acceptors (Lipinski definition) is 4. The van der Waals surface area contributed by atoms with E-state index in [-0.39, 0.29) is 22.2 Å². The fourth-order valence-corrected chi connectivity index (χ4v) is 1.60. The fourth-order valence-electron chi connectivity index (χ4n) is 1.42. The van der Waals surface area contributed by atoms with Gasteiger partial charge in [0.25, 0.3) is 0 Å². The molecule has 2 rings (SSSR count). The van der Waals surface area contributed by atoms with Gasteiger partial charge in [-0.15, -0.1) is 0 Å². The molecular weight excluding hydrogens is 220 g/mol. The molecule has 0 bridgehead atoms. The summed E-state index contributed by atoms with van der Waals surface area (Å²) in [6.07, 6.45) is 0. The van der Waals surface area contributed by atoms with Crippen LogP contribution in [0.2, 0.25) is 5.28 Å². The van der Waals surface area contributed by atoms with E-state index in [9.17, 15) is 10.1 Å². The van der Waals surface area contributed by atoms with Crippen LogP contribution in [-0.4, -0.2) is 14.5 Å². The summed E-state index contributed by atoms with van der Waals surface area (Å²) in [6, 6.07) is 3.12. The van der Waals surface area contributed by atoms with Crippen molar-refractivity contribution in [3.8, 4) is 0 Å². The van der Waals surface area contributed by atoms with Crippen LogP contribution in [-0.2, 0) is 7.05 Å². The van der Waals surface area contributed by atoms with E-state index in [0.29, 0.717) is 5.52 Å². The second-order valence-electron chi connectivity index (χ2n) is 3.07. The van der Waals surface area contributed by atoms with Crippen LogP contribution in [0.3, 0.4) is 0 Å². The molecule has 7 heteroatoms. The summed E-state index contributed by atoms with van der Waals surface area (Å²) in [5.41, 5.74) is 6.20. The Bertz CT molecular complexity index is 563. The highest BCUT2D eigenvalue weighted by molar-refractivity contribution is 6.29. The predicted octanol–water partition coefficient (Wildman–Crippen LogP) is 1.72. The number of fused-ring (bicyclic) bond motifs is 1. The molecule has 78 valence electrons. The summed E-state index contributed by atoms with van der Waals surface area (Å²) in [5.74, 6) is 0. The molecule has 1 aromatic heterocycles. The lowest BCUT2D eigenvalue weighted by atomic mass is 10.2. The fraction of sp³-hybridized carbons (Fsp3) is 0.125. The maximum atomic E-state index is 10.8. The van der Waals surface area contributed by atoms with Crippen molar-refractivity contribution in [1.29, 1.82) is 0 Å². The molecule has 1 heterocycles. The first-order valence-electron chi connectivity index (χ1n) is 4.07. The monoisotopic (exact) mass is 226 g/mol. The highest BCUT2D eigenvalue weighted by Gasteiger charge is 2.21. The standard InChI is InChI=1S/C8H7ClN4O2/c1-12-5-3-2-4(10)7(13(14)15)6(5)11-8(12)9/h2-3H,10H2,1H3. The average Bonchev–Trinajstić information content (AvgIpc) is 2.42. The summed E-state index contributed by atoms with van der Waals surface area (Å²) < 4.78 is 1.56. The van der Waals surface area contributed by atoms with Crippen molar-refractivity contribution >= 4 is 34.0 Å². The van der Waals surface area contributed by atoms with E-state index in [1.165, 1.54) is 6.07 Å². The number of nitro groups is 1. The van der Waals surface area contributed by atoms with Crippen molar-refractivity contribution in [3.63, 3.8) is 0 Å². The van der Waals surface area contributed by atoms with Gasteiger partial charge < -0.3 is 10.3 Å². The Morgan fingerprint density at radius 1 is 1.60 bits per heavy atom. The van der Waals surface area contributed by atoms with Gasteiger partial charge in [0.15, 0.2) is 5.52 Å². The van der Waals surface area contributed by atoms with Crippen molar-refractivity contribution in [2.75, 3.05) is 5.73 Å². The Balaban J connectivity index is 2.94. The van der Waals surface area contributed by atoms with Crippen LogP contribution in [0.1, 0.15) is 0 Å². The van der Waals surface area contributed by atoms with Gasteiger partial charge in [-0.05, 0) is 23.7 Å². The first-order chi connectivity index (χ1) is 7.02. The lowest BCUT2D eigenvalue weighted by molar-refractivity contribution is -0.382. The summed E-state index contributed by atoms with van der Waals surface area (Å²) in [6.45, 7) is 0. The topological polar surface area (TPSA) is 87.0 Å². The van der Waals surface area contributed by atoms with Crippen LogP contribution in [0, 0.1) is 10.1 Å². The van der Waals surface area contributed by atoms with Gasteiger partial charge in [0.05, 0.1) is 10.4 Å². The van der Waals surface area contributed by atoms with Crippen LogP contribution in [0.25, 0.3) is 11.0 Å². The van der Waals surface area contributed by atoms with Gasteiger partial charge in [-0.1, -0.05) is 0 Å². The molecule has 15 heavy (non-hydrogen) atoms. The molecule has 2 aromatic rings. The van der Waals surface area contributed by atoms with Crippen LogP contribution in [0.15, 0.2) is 12.1 Å². The summed E-state index contributed by atoms with van der Waals surface area (Å²) >= 11 is 5.77. The zero-order valence-corrected chi connectivity index (χ0v) is 8.52. The number of hydrogen-bond donors (Lipinski definition) is 1. The van der Waals surface area contributed by atoms with Gasteiger partial charge in [0.2, 0.25) is 5.28 Å². The van der Waals surface area contributed by atoms with E-state index in [1.54, 1.807) is 17.7 Å². The highest BCUT2D eigenvalue weighted by Crippen LogP contribution is 2.31. The molecule has 0 spiro atoms. The minimum atomic E-state index is -0.555. The quantitative estimate of drug-likeness (QED) is 0.456. The van der Waals surface area contributed by atoms with E-state index in [1.807, 2.05) is 0 Å². The first kappa shape index (κ1) is 9.72. The molecule has 0 saturated carbocycles. The third-order valence-corrected chi connectivity index (χ3v) is 2.52. The molecule has 0 aliphatic carbocycles. The SMILES string of the molecule is Cn1c(Cl)nc2c([N+](=O)[O-])c(N)ccc21. The maximum Gasteiger partial charge on any atom is 0.319 e. The molecule has 2 N–H and O–H groups in total. The minimum Gasteiger partial charge on any atom is -0.393 e. The van der Waals surface area contributed by atoms with Gasteiger partial charge in [0, 0.05) is 7.05 Å². The number of nitrogen functional groups attached to an aromatic ring is 1. The summed E-state index contributed by atoms with van der Waals surface area (Å²) in [7, 11) is 1.68. The molecule has 0 aliphatic heterocycles. The van der Waals surface area contributed by atoms with Gasteiger partial charge in [0.1, 0.15) is 5.69 Å². The largest absolute Gasteiger partial charge is 0.393 e. The number of aromatic nitrogens is 2. The van der Waals surface area contributed by atoms with E-state index in [2.05, 4.69) is 4.98 Å². The van der Waals surface area contributed by atoms with Gasteiger partial charge >= 0.3 is 5.69 Å². The second-order valence-corrected chi connectivity index (χ2v) is 3.41. The van der Waals surface area contributed by atoms with Crippen LogP contribution >= 0.6 is 11.6 Å². The van der Waals surface area contributed by atoms with E-state index >= 15 is 0 Å². The number of anilines is 1. The molecule has 0 aliphatic rings. The Morgan fingerprint density at radius 2 is 2.27 bits per heavy atom. The van der Waals surface area contributed by atoms with Crippen LogP contribution in [0.5, 0.6) is 0 Å². The number of nitrogens with two attached hydrogens (primary N) is 1. The zero-order valence-electron chi connectivity index (χ0n) is 7.77. The number of imidazole rings is 1. The number of halogens is 1. The third kappa shape index (κ3) is 1.30. The highest BCUT2D eigenvalue weighted by atomic mass is 35.5. The Hall–Kier alpha value is -1.82. The molecule has 1 aromatic carbocycles. The van der Waals surface area contributed by atoms with Crippen molar-refractivity contribution in [1.82, 2.24) is 9.55 Å². The molecular formula is C8H7ClN4O2. The molecule has 6 nitrogen and oxygen atoms in total. The molecule has 0 atom stereocenters. The van der Waals surface area contributed by atoms with Crippen molar-refractivity contribution < 1.29 is 4.92 Å². The summed E-state index contributed by atoms with van der Waals surface area (Å²) in [4.78, 5) is 14.1. The minimum absolute atomic E-state index is 0.0854. The molecule has 0 fully saturated rings. The number of aryl methyl sites for hydroxylation is 1. The van der Waals surface area contributed by atoms with Gasteiger partial charge in [-0.25, -0.2) is 4.98 Å². The van der Waals surface area contributed by atoms with Crippen molar-refractivity contribution in [3.05, 3.63) is 27.5 Å². The first-order valence-corrected chi connectivity index (χ1v) is 4.45. The number of rotatable bonds is 1. The van der Waals surface area contributed by atoms with Crippen molar-refractivity contribution in [2.24, 2.45) is 7.05 Å². The van der Waals surface area contributed by atoms with E-state index in [4.69, 9.17) is 17.3 Å². The Labute approximate surface area is 89.4 Å². The Kier molecular flexibility index (Phi) is 2.01. The molecule has 0 saturated heterocycles. The molecule has 0 unspecified atom stereocenters. The normalized spacial score (nSPS) is 10.8. The lowest BCUT2D eigenvalue weighted by Gasteiger charge is -1.98. The zero-order chi connectivity index (χ0) is 11.2.